The third-order valence-electron chi connectivity index (χ3n) is 4.09. The number of anilines is 1. The zero-order valence-electron chi connectivity index (χ0n) is 16.3. The van der Waals surface area contributed by atoms with Gasteiger partial charge in [0.2, 0.25) is 5.82 Å². The summed E-state index contributed by atoms with van der Waals surface area (Å²) in [6.45, 7) is 3.29. The molecule has 0 bridgehead atoms. The van der Waals surface area contributed by atoms with Gasteiger partial charge in [-0.2, -0.15) is 4.98 Å². The van der Waals surface area contributed by atoms with Crippen molar-refractivity contribution in [3.8, 4) is 23.3 Å². The van der Waals surface area contributed by atoms with Crippen molar-refractivity contribution in [1.29, 1.82) is 0 Å². The van der Waals surface area contributed by atoms with Crippen molar-refractivity contribution >= 4 is 11.6 Å². The second-order valence-corrected chi connectivity index (χ2v) is 6.13. The molecule has 0 aliphatic heterocycles. The molecule has 1 aromatic carbocycles. The first-order chi connectivity index (χ1) is 14.7. The number of nitrogens with one attached hydrogen (secondary N) is 1. The van der Waals surface area contributed by atoms with Crippen LogP contribution < -0.4 is 10.1 Å². The van der Waals surface area contributed by atoms with E-state index in [1.807, 2.05) is 13.0 Å². The summed E-state index contributed by atoms with van der Waals surface area (Å²) in [7, 11) is 0. The van der Waals surface area contributed by atoms with E-state index < -0.39 is 0 Å². The molecule has 0 radical (unpaired) electrons. The molecule has 0 saturated carbocycles. The highest BCUT2D eigenvalue weighted by molar-refractivity contribution is 6.02. The van der Waals surface area contributed by atoms with Gasteiger partial charge in [-0.25, -0.2) is 4.68 Å². The van der Waals surface area contributed by atoms with E-state index in [1.54, 1.807) is 53.4 Å². The molecule has 3 heterocycles. The number of benzene rings is 1. The fourth-order valence-corrected chi connectivity index (χ4v) is 2.75. The van der Waals surface area contributed by atoms with Crippen LogP contribution in [0.1, 0.15) is 17.5 Å². The van der Waals surface area contributed by atoms with Gasteiger partial charge in [0, 0.05) is 12.3 Å². The summed E-state index contributed by atoms with van der Waals surface area (Å²) in [5.74, 6) is 0.887. The molecule has 4 aromatic rings. The highest BCUT2D eigenvalue weighted by Crippen LogP contribution is 2.25. The molecule has 9 heteroatoms. The van der Waals surface area contributed by atoms with Gasteiger partial charge >= 0.3 is 6.01 Å². The number of nitrogens with zero attached hydrogens (tertiary/aromatic N) is 3. The number of furan rings is 2. The van der Waals surface area contributed by atoms with Gasteiger partial charge in [-0.15, -0.1) is 5.10 Å². The molecule has 0 spiro atoms. The van der Waals surface area contributed by atoms with E-state index in [-0.39, 0.29) is 17.7 Å². The second-order valence-electron chi connectivity index (χ2n) is 6.13. The molecule has 0 saturated heterocycles. The molecule has 0 fully saturated rings. The lowest BCUT2D eigenvalue weighted by atomic mass is 10.2. The number of aromatic nitrogens is 3. The standard InChI is InChI=1S/C21H20N4O5/c1-2-27-12-13-30-21-23-19(17-8-4-10-28-17)25(24-21)16-7-3-6-15(14-16)22-20(26)18-9-5-11-29-18/h3-11,14H,2,12-13H2,1H3,(H,22,26). The van der Waals surface area contributed by atoms with Gasteiger partial charge in [-0.3, -0.25) is 4.79 Å². The molecule has 0 unspecified atom stereocenters. The van der Waals surface area contributed by atoms with Crippen molar-refractivity contribution in [2.45, 2.75) is 6.92 Å². The Kier molecular flexibility index (Phi) is 5.90. The minimum absolute atomic E-state index is 0.200. The first-order valence-corrected chi connectivity index (χ1v) is 9.41. The Morgan fingerprint density at radius 2 is 1.97 bits per heavy atom. The summed E-state index contributed by atoms with van der Waals surface area (Å²) in [5.41, 5.74) is 1.25. The van der Waals surface area contributed by atoms with Crippen LogP contribution in [-0.2, 0) is 4.74 Å². The lowest BCUT2D eigenvalue weighted by molar-refractivity contribution is 0.0996. The van der Waals surface area contributed by atoms with E-state index in [0.717, 1.165) is 0 Å². The quantitative estimate of drug-likeness (QED) is 0.420. The third-order valence-corrected chi connectivity index (χ3v) is 4.09. The fourth-order valence-electron chi connectivity index (χ4n) is 2.75. The topological polar surface area (TPSA) is 105 Å². The van der Waals surface area contributed by atoms with E-state index >= 15 is 0 Å². The molecule has 9 nitrogen and oxygen atoms in total. The minimum Gasteiger partial charge on any atom is -0.461 e. The van der Waals surface area contributed by atoms with Gasteiger partial charge in [-0.05, 0) is 49.4 Å². The van der Waals surface area contributed by atoms with Crippen molar-refractivity contribution in [3.63, 3.8) is 0 Å². The third kappa shape index (κ3) is 4.41. The Bertz CT molecular complexity index is 1090. The van der Waals surface area contributed by atoms with Crippen molar-refractivity contribution in [2.24, 2.45) is 0 Å². The number of carbonyl (C=O) groups is 1. The van der Waals surface area contributed by atoms with Crippen LogP contribution >= 0.6 is 0 Å². The molecule has 1 N–H and O–H groups in total. The van der Waals surface area contributed by atoms with Crippen molar-refractivity contribution < 1.29 is 23.1 Å². The van der Waals surface area contributed by atoms with Crippen molar-refractivity contribution in [1.82, 2.24) is 14.8 Å². The SMILES string of the molecule is CCOCCOc1nc(-c2ccco2)n(-c2cccc(NC(=O)c3ccco3)c2)n1. The van der Waals surface area contributed by atoms with E-state index in [0.29, 0.717) is 42.8 Å². The maximum atomic E-state index is 12.3. The van der Waals surface area contributed by atoms with Crippen LogP contribution in [0.25, 0.3) is 17.3 Å². The minimum atomic E-state index is -0.345. The summed E-state index contributed by atoms with van der Waals surface area (Å²) in [5, 5.41) is 7.24. The van der Waals surface area contributed by atoms with Crippen LogP contribution in [0.4, 0.5) is 5.69 Å². The zero-order valence-corrected chi connectivity index (χ0v) is 16.3. The number of carbonyl (C=O) groups excluding carboxylic acids is 1. The summed E-state index contributed by atoms with van der Waals surface area (Å²) in [4.78, 5) is 16.7. The summed E-state index contributed by atoms with van der Waals surface area (Å²) >= 11 is 0. The normalized spacial score (nSPS) is 10.8. The lowest BCUT2D eigenvalue weighted by Crippen LogP contribution is -2.11. The molecular formula is C21H20N4O5. The van der Waals surface area contributed by atoms with Gasteiger partial charge < -0.3 is 23.6 Å². The first kappa shape index (κ1) is 19.5. The molecular weight excluding hydrogens is 388 g/mol. The maximum absolute atomic E-state index is 12.3. The first-order valence-electron chi connectivity index (χ1n) is 9.41. The van der Waals surface area contributed by atoms with Crippen LogP contribution in [0, 0.1) is 0 Å². The fraction of sp³-hybridized carbons (Fsp3) is 0.190. The van der Waals surface area contributed by atoms with Crippen LogP contribution in [0.2, 0.25) is 0 Å². The highest BCUT2D eigenvalue weighted by atomic mass is 16.5. The molecule has 3 aromatic heterocycles. The smallest absolute Gasteiger partial charge is 0.336 e. The van der Waals surface area contributed by atoms with Gasteiger partial charge in [-0.1, -0.05) is 6.07 Å². The lowest BCUT2D eigenvalue weighted by Gasteiger charge is -2.08. The average molecular weight is 408 g/mol. The second kappa shape index (κ2) is 9.10. The number of hydrogen-bond donors (Lipinski definition) is 1. The van der Waals surface area contributed by atoms with E-state index in [9.17, 15) is 4.79 Å². The van der Waals surface area contributed by atoms with Crippen LogP contribution in [-0.4, -0.2) is 40.5 Å². The van der Waals surface area contributed by atoms with E-state index in [4.69, 9.17) is 18.3 Å². The maximum Gasteiger partial charge on any atom is 0.336 e. The average Bonchev–Trinajstić information content (AvgIpc) is 3.53. The predicted molar refractivity (Wildman–Crippen MR) is 108 cm³/mol. The molecule has 0 atom stereocenters. The highest BCUT2D eigenvalue weighted by Gasteiger charge is 2.17. The van der Waals surface area contributed by atoms with Gasteiger partial charge in [0.05, 0.1) is 24.8 Å². The number of hydrogen-bond acceptors (Lipinski definition) is 7. The Labute approximate surface area is 172 Å². The predicted octanol–water partition coefficient (Wildman–Crippen LogP) is 3.79. The van der Waals surface area contributed by atoms with Crippen molar-refractivity contribution in [2.75, 3.05) is 25.1 Å². The molecule has 0 aliphatic rings. The summed E-state index contributed by atoms with van der Waals surface area (Å²) in [6, 6.07) is 14.2. The monoisotopic (exact) mass is 408 g/mol. The molecule has 30 heavy (non-hydrogen) atoms. The van der Waals surface area contributed by atoms with Gasteiger partial charge in [0.25, 0.3) is 5.91 Å². The zero-order chi connectivity index (χ0) is 20.8. The van der Waals surface area contributed by atoms with Gasteiger partial charge in [0.1, 0.15) is 6.61 Å². The summed E-state index contributed by atoms with van der Waals surface area (Å²) < 4.78 is 23.1. The molecule has 4 rings (SSSR count). The van der Waals surface area contributed by atoms with Crippen LogP contribution in [0.3, 0.4) is 0 Å². The molecule has 0 aliphatic carbocycles. The van der Waals surface area contributed by atoms with Crippen LogP contribution in [0.15, 0.2) is 69.9 Å². The van der Waals surface area contributed by atoms with E-state index in [1.165, 1.54) is 6.26 Å². The number of rotatable bonds is 9. The Morgan fingerprint density at radius 1 is 1.10 bits per heavy atom. The van der Waals surface area contributed by atoms with Gasteiger partial charge in [0.15, 0.2) is 11.5 Å². The largest absolute Gasteiger partial charge is 0.461 e. The summed E-state index contributed by atoms with van der Waals surface area (Å²) in [6.07, 6.45) is 3.01. The van der Waals surface area contributed by atoms with Crippen LogP contribution in [0.5, 0.6) is 6.01 Å². The Hall–Kier alpha value is -3.85. The Balaban J connectivity index is 1.60. The molecule has 154 valence electrons. The van der Waals surface area contributed by atoms with Crippen molar-refractivity contribution in [3.05, 3.63) is 66.8 Å². The number of ether oxygens (including phenoxy) is 2. The molecule has 1 amide bonds. The van der Waals surface area contributed by atoms with E-state index in [2.05, 4.69) is 15.4 Å². The Morgan fingerprint density at radius 3 is 2.73 bits per heavy atom. The number of amides is 1.